The van der Waals surface area contributed by atoms with E-state index in [1.54, 1.807) is 24.8 Å². The standard InChI is InChI=1S/C22H25N5O2/c1-3-6-20(28)27-21(16-8-5-7-15-9-11-23-13-18(15)16)17-10-12-24-14-19(17)26-22(29)25-4-2/h5,7-14,21H,3-4,6H2,1-2H3,(H,27,28)(H2,25,26,29). The lowest BCUT2D eigenvalue weighted by Crippen LogP contribution is -2.32. The highest BCUT2D eigenvalue weighted by atomic mass is 16.2. The van der Waals surface area contributed by atoms with Gasteiger partial charge in [0.1, 0.15) is 0 Å². The maximum atomic E-state index is 12.5. The van der Waals surface area contributed by atoms with E-state index in [9.17, 15) is 9.59 Å². The number of aromatic nitrogens is 2. The number of amides is 3. The third-order valence-corrected chi connectivity index (χ3v) is 4.56. The Morgan fingerprint density at radius 1 is 1.00 bits per heavy atom. The summed E-state index contributed by atoms with van der Waals surface area (Å²) in [7, 11) is 0. The molecule has 2 heterocycles. The summed E-state index contributed by atoms with van der Waals surface area (Å²) in [5.41, 5.74) is 2.21. The van der Waals surface area contributed by atoms with E-state index in [0.29, 0.717) is 18.7 Å². The number of rotatable bonds is 7. The molecule has 1 unspecified atom stereocenters. The molecule has 0 aliphatic heterocycles. The minimum atomic E-state index is -0.457. The van der Waals surface area contributed by atoms with Gasteiger partial charge in [-0.25, -0.2) is 4.79 Å². The predicted octanol–water partition coefficient (Wildman–Crippen LogP) is 3.78. The zero-order valence-corrected chi connectivity index (χ0v) is 16.6. The van der Waals surface area contributed by atoms with Crippen molar-refractivity contribution < 1.29 is 9.59 Å². The normalized spacial score (nSPS) is 11.7. The number of hydrogen-bond donors (Lipinski definition) is 3. The van der Waals surface area contributed by atoms with Gasteiger partial charge in [-0.05, 0) is 36.4 Å². The molecule has 0 radical (unpaired) electrons. The first kappa shape index (κ1) is 20.3. The molecule has 3 aromatic rings. The first-order chi connectivity index (χ1) is 14.1. The van der Waals surface area contributed by atoms with E-state index in [2.05, 4.69) is 25.9 Å². The molecule has 0 saturated heterocycles. The van der Waals surface area contributed by atoms with E-state index in [1.807, 2.05) is 44.2 Å². The second kappa shape index (κ2) is 9.64. The van der Waals surface area contributed by atoms with Crippen LogP contribution in [0.3, 0.4) is 0 Å². The maximum Gasteiger partial charge on any atom is 0.319 e. The summed E-state index contributed by atoms with van der Waals surface area (Å²) in [6.07, 6.45) is 7.94. The summed E-state index contributed by atoms with van der Waals surface area (Å²) in [4.78, 5) is 33.0. The summed E-state index contributed by atoms with van der Waals surface area (Å²) in [6, 6.07) is 8.90. The van der Waals surface area contributed by atoms with E-state index in [4.69, 9.17) is 0 Å². The summed E-state index contributed by atoms with van der Waals surface area (Å²) >= 11 is 0. The smallest absolute Gasteiger partial charge is 0.319 e. The van der Waals surface area contributed by atoms with E-state index in [0.717, 1.165) is 28.3 Å². The molecule has 0 aliphatic carbocycles. The van der Waals surface area contributed by atoms with Crippen molar-refractivity contribution >= 4 is 28.4 Å². The Morgan fingerprint density at radius 2 is 1.79 bits per heavy atom. The first-order valence-electron chi connectivity index (χ1n) is 9.74. The molecule has 3 amide bonds. The number of urea groups is 1. The van der Waals surface area contributed by atoms with Gasteiger partial charge in [0.25, 0.3) is 0 Å². The maximum absolute atomic E-state index is 12.5. The van der Waals surface area contributed by atoms with Gasteiger partial charge in [0.15, 0.2) is 0 Å². The molecule has 2 aromatic heterocycles. The Balaban J connectivity index is 2.10. The van der Waals surface area contributed by atoms with Crippen LogP contribution in [0.2, 0.25) is 0 Å². The lowest BCUT2D eigenvalue weighted by Gasteiger charge is -2.23. The number of carbonyl (C=O) groups excluding carboxylic acids is 2. The SMILES string of the molecule is CCCC(=O)NC(c1ccncc1NC(=O)NCC)c1cccc2ccncc12. The highest BCUT2D eigenvalue weighted by molar-refractivity contribution is 5.91. The molecule has 3 N–H and O–H groups in total. The first-order valence-corrected chi connectivity index (χ1v) is 9.74. The second-order valence-corrected chi connectivity index (χ2v) is 6.64. The largest absolute Gasteiger partial charge is 0.345 e. The van der Waals surface area contributed by atoms with Crippen LogP contribution in [0.25, 0.3) is 10.8 Å². The molecular formula is C22H25N5O2. The van der Waals surface area contributed by atoms with Gasteiger partial charge in [0.05, 0.1) is 17.9 Å². The number of carbonyl (C=O) groups is 2. The molecule has 0 bridgehead atoms. The number of benzene rings is 1. The van der Waals surface area contributed by atoms with Gasteiger partial charge < -0.3 is 16.0 Å². The lowest BCUT2D eigenvalue weighted by atomic mass is 9.94. The molecule has 0 saturated carbocycles. The monoisotopic (exact) mass is 391 g/mol. The molecule has 1 atom stereocenters. The number of anilines is 1. The van der Waals surface area contributed by atoms with Crippen LogP contribution in [-0.4, -0.2) is 28.5 Å². The van der Waals surface area contributed by atoms with Crippen molar-refractivity contribution in [2.75, 3.05) is 11.9 Å². The molecule has 7 heteroatoms. The number of nitrogens with zero attached hydrogens (tertiary/aromatic N) is 2. The van der Waals surface area contributed by atoms with Crippen molar-refractivity contribution in [3.05, 3.63) is 66.2 Å². The van der Waals surface area contributed by atoms with Crippen molar-refractivity contribution in [2.45, 2.75) is 32.7 Å². The summed E-state index contributed by atoms with van der Waals surface area (Å²) in [5, 5.41) is 10.6. The zero-order valence-electron chi connectivity index (χ0n) is 16.6. The Bertz CT molecular complexity index is 1000. The quantitative estimate of drug-likeness (QED) is 0.571. The number of nitrogens with one attached hydrogen (secondary N) is 3. The minimum Gasteiger partial charge on any atom is -0.345 e. The Kier molecular flexibility index (Phi) is 6.73. The van der Waals surface area contributed by atoms with Gasteiger partial charge in [0.2, 0.25) is 5.91 Å². The van der Waals surface area contributed by atoms with Gasteiger partial charge in [-0.15, -0.1) is 0 Å². The second-order valence-electron chi connectivity index (χ2n) is 6.64. The summed E-state index contributed by atoms with van der Waals surface area (Å²) < 4.78 is 0. The third-order valence-electron chi connectivity index (χ3n) is 4.56. The van der Waals surface area contributed by atoms with Crippen LogP contribution in [0, 0.1) is 0 Å². The summed E-state index contributed by atoms with van der Waals surface area (Å²) in [6.45, 7) is 4.32. The van der Waals surface area contributed by atoms with Crippen LogP contribution in [0.4, 0.5) is 10.5 Å². The van der Waals surface area contributed by atoms with Gasteiger partial charge >= 0.3 is 6.03 Å². The Morgan fingerprint density at radius 3 is 2.59 bits per heavy atom. The van der Waals surface area contributed by atoms with E-state index >= 15 is 0 Å². The summed E-state index contributed by atoms with van der Waals surface area (Å²) in [5.74, 6) is -0.0563. The van der Waals surface area contributed by atoms with Crippen molar-refractivity contribution in [1.29, 1.82) is 0 Å². The van der Waals surface area contributed by atoms with Gasteiger partial charge in [-0.2, -0.15) is 0 Å². The van der Waals surface area contributed by atoms with Crippen LogP contribution >= 0.6 is 0 Å². The fraction of sp³-hybridized carbons (Fsp3) is 0.273. The van der Waals surface area contributed by atoms with Gasteiger partial charge in [0, 0.05) is 42.5 Å². The van der Waals surface area contributed by atoms with Crippen LogP contribution in [-0.2, 0) is 4.79 Å². The molecule has 0 fully saturated rings. The predicted molar refractivity (Wildman–Crippen MR) is 114 cm³/mol. The molecule has 3 rings (SSSR count). The molecule has 150 valence electrons. The van der Waals surface area contributed by atoms with E-state index in [1.165, 1.54) is 0 Å². The van der Waals surface area contributed by atoms with Crippen molar-refractivity contribution in [3.8, 4) is 0 Å². The fourth-order valence-electron chi connectivity index (χ4n) is 3.26. The van der Waals surface area contributed by atoms with E-state index < -0.39 is 6.04 Å². The number of pyridine rings is 2. The molecule has 1 aromatic carbocycles. The molecule has 0 spiro atoms. The van der Waals surface area contributed by atoms with Crippen molar-refractivity contribution in [1.82, 2.24) is 20.6 Å². The zero-order chi connectivity index (χ0) is 20.6. The molecular weight excluding hydrogens is 366 g/mol. The Hall–Kier alpha value is -3.48. The Labute approximate surface area is 170 Å². The van der Waals surface area contributed by atoms with Gasteiger partial charge in [-0.3, -0.25) is 14.8 Å². The highest BCUT2D eigenvalue weighted by Gasteiger charge is 2.22. The van der Waals surface area contributed by atoms with Gasteiger partial charge in [-0.1, -0.05) is 25.1 Å². The van der Waals surface area contributed by atoms with Crippen LogP contribution in [0.5, 0.6) is 0 Å². The lowest BCUT2D eigenvalue weighted by molar-refractivity contribution is -0.121. The number of fused-ring (bicyclic) bond motifs is 1. The third kappa shape index (κ3) is 4.87. The van der Waals surface area contributed by atoms with Crippen molar-refractivity contribution in [2.24, 2.45) is 0 Å². The van der Waals surface area contributed by atoms with Crippen LogP contribution in [0.1, 0.15) is 43.9 Å². The highest BCUT2D eigenvalue weighted by Crippen LogP contribution is 2.32. The van der Waals surface area contributed by atoms with Crippen molar-refractivity contribution in [3.63, 3.8) is 0 Å². The van der Waals surface area contributed by atoms with E-state index in [-0.39, 0.29) is 11.9 Å². The number of hydrogen-bond acceptors (Lipinski definition) is 4. The van der Waals surface area contributed by atoms with Crippen LogP contribution < -0.4 is 16.0 Å². The fourth-order valence-corrected chi connectivity index (χ4v) is 3.26. The topological polar surface area (TPSA) is 96.0 Å². The average molecular weight is 391 g/mol. The molecule has 0 aliphatic rings. The van der Waals surface area contributed by atoms with Crippen LogP contribution in [0.15, 0.2) is 55.1 Å². The minimum absolute atomic E-state index is 0.0563. The molecule has 29 heavy (non-hydrogen) atoms. The molecule has 7 nitrogen and oxygen atoms in total. The average Bonchev–Trinajstić information content (AvgIpc) is 2.73.